The van der Waals surface area contributed by atoms with E-state index in [0.717, 1.165) is 11.3 Å². The second-order valence-electron chi connectivity index (χ2n) is 4.70. The first-order chi connectivity index (χ1) is 11.5. The van der Waals surface area contributed by atoms with Gasteiger partial charge in [-0.05, 0) is 48.9 Å². The van der Waals surface area contributed by atoms with E-state index in [1.54, 1.807) is 30.3 Å². The number of benzene rings is 2. The fourth-order valence-corrected chi connectivity index (χ4v) is 2.08. The van der Waals surface area contributed by atoms with Crippen LogP contribution in [0.5, 0.6) is 11.5 Å². The monoisotopic (exact) mass is 346 g/mol. The van der Waals surface area contributed by atoms with Gasteiger partial charge in [-0.15, -0.1) is 0 Å². The number of carbonyl (C=O) groups is 2. The van der Waals surface area contributed by atoms with Crippen molar-refractivity contribution in [2.45, 2.75) is 6.92 Å². The van der Waals surface area contributed by atoms with Crippen molar-refractivity contribution in [2.24, 2.45) is 0 Å². The number of halogens is 1. The molecule has 0 fully saturated rings. The van der Waals surface area contributed by atoms with E-state index < -0.39 is 11.9 Å². The van der Waals surface area contributed by atoms with Crippen molar-refractivity contribution in [3.63, 3.8) is 0 Å². The predicted octanol–water partition coefficient (Wildman–Crippen LogP) is 4.06. The molecule has 2 aromatic carbocycles. The van der Waals surface area contributed by atoms with Crippen molar-refractivity contribution in [3.05, 3.63) is 64.7 Å². The van der Waals surface area contributed by atoms with Gasteiger partial charge in [-0.1, -0.05) is 23.7 Å². The summed E-state index contributed by atoms with van der Waals surface area (Å²) in [5.41, 5.74) is 0.607. The zero-order valence-electron chi connectivity index (χ0n) is 12.9. The summed E-state index contributed by atoms with van der Waals surface area (Å²) in [5.74, 6) is -1.23. The highest BCUT2D eigenvalue weighted by Crippen LogP contribution is 2.23. The smallest absolute Gasteiger partial charge is 0.339 e. The molecule has 0 bridgehead atoms. The van der Waals surface area contributed by atoms with Crippen LogP contribution in [-0.4, -0.2) is 23.7 Å². The Morgan fingerprint density at radius 2 is 1.88 bits per heavy atom. The van der Waals surface area contributed by atoms with Crippen LogP contribution in [0.1, 0.15) is 22.8 Å². The normalized spacial score (nSPS) is 10.6. The first kappa shape index (κ1) is 17.6. The molecule has 6 heteroatoms. The van der Waals surface area contributed by atoms with Crippen molar-refractivity contribution >= 4 is 29.6 Å². The van der Waals surface area contributed by atoms with Crippen LogP contribution in [0.2, 0.25) is 5.02 Å². The van der Waals surface area contributed by atoms with Gasteiger partial charge in [0.05, 0.1) is 6.61 Å². The van der Waals surface area contributed by atoms with Crippen LogP contribution in [0.3, 0.4) is 0 Å². The first-order valence-electron chi connectivity index (χ1n) is 7.15. The molecule has 0 aromatic heterocycles. The lowest BCUT2D eigenvalue weighted by Gasteiger charge is -2.06. The average molecular weight is 347 g/mol. The number of carboxylic acids is 1. The van der Waals surface area contributed by atoms with E-state index in [1.807, 2.05) is 6.92 Å². The molecular formula is C18H15ClO5. The minimum Gasteiger partial charge on any atom is -0.494 e. The number of rotatable bonds is 6. The lowest BCUT2D eigenvalue weighted by Crippen LogP contribution is -2.08. The Kier molecular flexibility index (Phi) is 5.98. The summed E-state index contributed by atoms with van der Waals surface area (Å²) >= 11 is 5.75. The Morgan fingerprint density at radius 3 is 2.50 bits per heavy atom. The van der Waals surface area contributed by atoms with Gasteiger partial charge in [-0.2, -0.15) is 0 Å². The average Bonchev–Trinajstić information content (AvgIpc) is 2.56. The van der Waals surface area contributed by atoms with Crippen LogP contribution >= 0.6 is 11.6 Å². The van der Waals surface area contributed by atoms with Crippen LogP contribution in [-0.2, 0) is 4.79 Å². The third kappa shape index (κ3) is 4.86. The summed E-state index contributed by atoms with van der Waals surface area (Å²) in [4.78, 5) is 23.0. The van der Waals surface area contributed by atoms with Crippen LogP contribution in [0.4, 0.5) is 0 Å². The number of aromatic carboxylic acids is 1. The SMILES string of the molecule is CCOc1ccc(/C=C/C(=O)Oc2ccc(Cl)cc2C(=O)O)cc1. The van der Waals surface area contributed by atoms with E-state index in [1.165, 1.54) is 24.3 Å². The summed E-state index contributed by atoms with van der Waals surface area (Å²) < 4.78 is 10.4. The second-order valence-corrected chi connectivity index (χ2v) is 5.14. The second kappa shape index (κ2) is 8.17. The minimum atomic E-state index is -1.23. The summed E-state index contributed by atoms with van der Waals surface area (Å²) in [6.07, 6.45) is 2.78. The summed E-state index contributed by atoms with van der Waals surface area (Å²) in [6, 6.07) is 11.2. The van der Waals surface area contributed by atoms with Crippen molar-refractivity contribution in [1.82, 2.24) is 0 Å². The quantitative estimate of drug-likeness (QED) is 0.485. The van der Waals surface area contributed by atoms with E-state index in [9.17, 15) is 9.59 Å². The Hall–Kier alpha value is -2.79. The van der Waals surface area contributed by atoms with Gasteiger partial charge in [-0.25, -0.2) is 9.59 Å². The molecule has 2 rings (SSSR count). The van der Waals surface area contributed by atoms with Crippen molar-refractivity contribution in [3.8, 4) is 11.5 Å². The van der Waals surface area contributed by atoms with Gasteiger partial charge in [0.15, 0.2) is 0 Å². The first-order valence-corrected chi connectivity index (χ1v) is 7.53. The molecule has 0 heterocycles. The van der Waals surface area contributed by atoms with E-state index >= 15 is 0 Å². The molecule has 0 amide bonds. The zero-order valence-corrected chi connectivity index (χ0v) is 13.6. The maximum absolute atomic E-state index is 11.9. The number of carboxylic acid groups (broad SMARTS) is 1. The number of hydrogen-bond acceptors (Lipinski definition) is 4. The Balaban J connectivity index is 2.06. The molecule has 0 saturated carbocycles. The van der Waals surface area contributed by atoms with E-state index in [4.69, 9.17) is 26.2 Å². The highest BCUT2D eigenvalue weighted by atomic mass is 35.5. The lowest BCUT2D eigenvalue weighted by atomic mass is 10.2. The fourth-order valence-electron chi connectivity index (χ4n) is 1.91. The standard InChI is InChI=1S/C18H15ClO5/c1-2-23-14-7-3-12(4-8-14)5-10-17(20)24-16-9-6-13(19)11-15(16)18(21)22/h3-11H,2H2,1H3,(H,21,22)/b10-5+. The Bertz CT molecular complexity index is 765. The number of carbonyl (C=O) groups excluding carboxylic acids is 1. The third-order valence-electron chi connectivity index (χ3n) is 2.99. The number of esters is 1. The van der Waals surface area contributed by atoms with Crippen LogP contribution < -0.4 is 9.47 Å². The molecule has 1 N–H and O–H groups in total. The largest absolute Gasteiger partial charge is 0.494 e. The maximum Gasteiger partial charge on any atom is 0.339 e. The van der Waals surface area contributed by atoms with Gasteiger partial charge in [0.2, 0.25) is 0 Å². The predicted molar refractivity (Wildman–Crippen MR) is 90.7 cm³/mol. The zero-order chi connectivity index (χ0) is 17.5. The highest BCUT2D eigenvalue weighted by molar-refractivity contribution is 6.31. The molecular weight excluding hydrogens is 332 g/mol. The lowest BCUT2D eigenvalue weighted by molar-refractivity contribution is -0.128. The molecule has 0 aliphatic rings. The summed E-state index contributed by atoms with van der Waals surface area (Å²) in [6.45, 7) is 2.47. The van der Waals surface area contributed by atoms with Gasteiger partial charge >= 0.3 is 11.9 Å². The molecule has 24 heavy (non-hydrogen) atoms. The molecule has 0 saturated heterocycles. The van der Waals surface area contributed by atoms with E-state index in [2.05, 4.69) is 0 Å². The molecule has 5 nitrogen and oxygen atoms in total. The van der Waals surface area contributed by atoms with Crippen molar-refractivity contribution in [1.29, 1.82) is 0 Å². The molecule has 0 unspecified atom stereocenters. The molecule has 0 radical (unpaired) electrons. The molecule has 0 spiro atoms. The minimum absolute atomic E-state index is 0.0618. The summed E-state index contributed by atoms with van der Waals surface area (Å²) in [5, 5.41) is 9.35. The third-order valence-corrected chi connectivity index (χ3v) is 3.22. The van der Waals surface area contributed by atoms with Gasteiger partial charge in [-0.3, -0.25) is 0 Å². The van der Waals surface area contributed by atoms with Gasteiger partial charge < -0.3 is 14.6 Å². The van der Waals surface area contributed by atoms with Crippen molar-refractivity contribution in [2.75, 3.05) is 6.61 Å². The molecule has 0 aliphatic heterocycles. The van der Waals surface area contributed by atoms with E-state index in [-0.39, 0.29) is 16.3 Å². The number of hydrogen-bond donors (Lipinski definition) is 1. The fraction of sp³-hybridized carbons (Fsp3) is 0.111. The Labute approximate surface area is 144 Å². The molecule has 124 valence electrons. The van der Waals surface area contributed by atoms with Gasteiger partial charge in [0.1, 0.15) is 17.1 Å². The van der Waals surface area contributed by atoms with Crippen molar-refractivity contribution < 1.29 is 24.2 Å². The summed E-state index contributed by atoms with van der Waals surface area (Å²) in [7, 11) is 0. The molecule has 0 atom stereocenters. The topological polar surface area (TPSA) is 72.8 Å². The maximum atomic E-state index is 11.9. The van der Waals surface area contributed by atoms with Crippen LogP contribution in [0.15, 0.2) is 48.5 Å². The molecule has 0 aliphatic carbocycles. The van der Waals surface area contributed by atoms with Gasteiger partial charge in [0.25, 0.3) is 0 Å². The molecule has 2 aromatic rings. The highest BCUT2D eigenvalue weighted by Gasteiger charge is 2.14. The van der Waals surface area contributed by atoms with Gasteiger partial charge in [0, 0.05) is 11.1 Å². The van der Waals surface area contributed by atoms with Crippen LogP contribution in [0, 0.1) is 0 Å². The Morgan fingerprint density at radius 1 is 1.17 bits per heavy atom. The number of ether oxygens (including phenoxy) is 2. The van der Waals surface area contributed by atoms with Crippen LogP contribution in [0.25, 0.3) is 6.08 Å². The van der Waals surface area contributed by atoms with E-state index in [0.29, 0.717) is 6.61 Å².